The molecule has 0 spiro atoms. The summed E-state index contributed by atoms with van der Waals surface area (Å²) in [6, 6.07) is 1.90. The van der Waals surface area contributed by atoms with Gasteiger partial charge in [-0.05, 0) is 25.5 Å². The first kappa shape index (κ1) is 11.0. The van der Waals surface area contributed by atoms with Crippen molar-refractivity contribution >= 4 is 5.91 Å². The van der Waals surface area contributed by atoms with Gasteiger partial charge >= 0.3 is 0 Å². The lowest BCUT2D eigenvalue weighted by molar-refractivity contribution is 0.0935. The van der Waals surface area contributed by atoms with E-state index in [9.17, 15) is 4.79 Å². The summed E-state index contributed by atoms with van der Waals surface area (Å²) in [6.07, 6.45) is 6.40. The number of rotatable bonds is 2. The van der Waals surface area contributed by atoms with E-state index in [1.807, 2.05) is 0 Å². The van der Waals surface area contributed by atoms with Crippen LogP contribution in [0.25, 0.3) is 0 Å². The minimum absolute atomic E-state index is 0.0661. The summed E-state index contributed by atoms with van der Waals surface area (Å²) in [5.74, 6) is -0.0661. The van der Waals surface area contributed by atoms with Crippen molar-refractivity contribution in [1.29, 1.82) is 0 Å². The molecule has 0 aromatic carbocycles. The SMILES string of the molecule is O=C(NC1CCCCNC1)c1ccnnc1. The number of carbonyl (C=O) groups excluding carboxylic acids is 1. The number of nitrogens with one attached hydrogen (secondary N) is 2. The van der Waals surface area contributed by atoms with E-state index in [0.29, 0.717) is 5.56 Å². The van der Waals surface area contributed by atoms with Gasteiger partial charge in [-0.2, -0.15) is 10.2 Å². The molecule has 0 aliphatic carbocycles. The molecule has 1 saturated heterocycles. The fourth-order valence-electron chi connectivity index (χ4n) is 1.84. The third-order valence-corrected chi connectivity index (χ3v) is 2.73. The first-order chi connectivity index (χ1) is 7.86. The second kappa shape index (κ2) is 5.55. The fraction of sp³-hybridized carbons (Fsp3) is 0.545. The number of aromatic nitrogens is 2. The molecule has 1 unspecified atom stereocenters. The zero-order valence-corrected chi connectivity index (χ0v) is 9.15. The van der Waals surface area contributed by atoms with Crippen LogP contribution in [-0.2, 0) is 0 Å². The van der Waals surface area contributed by atoms with Crippen molar-refractivity contribution in [1.82, 2.24) is 20.8 Å². The monoisotopic (exact) mass is 220 g/mol. The Labute approximate surface area is 94.6 Å². The molecule has 1 aliphatic heterocycles. The maximum absolute atomic E-state index is 11.8. The number of hydrogen-bond donors (Lipinski definition) is 2. The Bertz CT molecular complexity index is 333. The summed E-state index contributed by atoms with van der Waals surface area (Å²) in [5, 5.41) is 13.7. The van der Waals surface area contributed by atoms with Gasteiger partial charge in [0.25, 0.3) is 5.91 Å². The van der Waals surface area contributed by atoms with Crippen LogP contribution in [0.2, 0.25) is 0 Å². The molecule has 0 radical (unpaired) electrons. The van der Waals surface area contributed by atoms with E-state index in [1.165, 1.54) is 18.8 Å². The van der Waals surface area contributed by atoms with Crippen molar-refractivity contribution in [2.24, 2.45) is 0 Å². The summed E-state index contributed by atoms with van der Waals surface area (Å²) in [5.41, 5.74) is 0.569. The normalized spacial score (nSPS) is 21.1. The molecule has 1 fully saturated rings. The molecular formula is C11H16N4O. The van der Waals surface area contributed by atoms with Gasteiger partial charge in [0.1, 0.15) is 0 Å². The minimum atomic E-state index is -0.0661. The minimum Gasteiger partial charge on any atom is -0.348 e. The lowest BCUT2D eigenvalue weighted by Crippen LogP contribution is -2.40. The third kappa shape index (κ3) is 3.00. The van der Waals surface area contributed by atoms with E-state index in [4.69, 9.17) is 0 Å². The Balaban J connectivity index is 1.91. The maximum atomic E-state index is 11.8. The molecule has 5 heteroatoms. The summed E-state index contributed by atoms with van der Waals surface area (Å²) in [4.78, 5) is 11.8. The maximum Gasteiger partial charge on any atom is 0.253 e. The van der Waals surface area contributed by atoms with E-state index >= 15 is 0 Å². The van der Waals surface area contributed by atoms with E-state index in [0.717, 1.165) is 25.9 Å². The number of nitrogens with zero attached hydrogens (tertiary/aromatic N) is 2. The smallest absolute Gasteiger partial charge is 0.253 e. The second-order valence-corrected chi connectivity index (χ2v) is 4.00. The van der Waals surface area contributed by atoms with Crippen LogP contribution in [0.3, 0.4) is 0 Å². The van der Waals surface area contributed by atoms with Crippen molar-refractivity contribution in [2.75, 3.05) is 13.1 Å². The van der Waals surface area contributed by atoms with Crippen LogP contribution >= 0.6 is 0 Å². The quantitative estimate of drug-likeness (QED) is 0.754. The molecule has 1 amide bonds. The molecule has 2 N–H and O–H groups in total. The molecule has 1 aromatic rings. The predicted molar refractivity (Wildman–Crippen MR) is 60.0 cm³/mol. The molecule has 1 aliphatic rings. The van der Waals surface area contributed by atoms with E-state index in [-0.39, 0.29) is 11.9 Å². The summed E-state index contributed by atoms with van der Waals surface area (Å²) >= 11 is 0. The van der Waals surface area contributed by atoms with Crippen molar-refractivity contribution in [3.8, 4) is 0 Å². The molecule has 5 nitrogen and oxygen atoms in total. The standard InChI is InChI=1S/C11H16N4O/c16-11(9-4-6-13-14-7-9)15-10-3-1-2-5-12-8-10/h4,6-7,10,12H,1-3,5,8H2,(H,15,16). The highest BCUT2D eigenvalue weighted by Crippen LogP contribution is 2.05. The van der Waals surface area contributed by atoms with Crippen LogP contribution in [0, 0.1) is 0 Å². The zero-order valence-electron chi connectivity index (χ0n) is 9.15. The van der Waals surface area contributed by atoms with Crippen LogP contribution in [0.15, 0.2) is 18.5 Å². The molecule has 0 bridgehead atoms. The molecular weight excluding hydrogens is 204 g/mol. The lowest BCUT2D eigenvalue weighted by Gasteiger charge is -2.15. The van der Waals surface area contributed by atoms with Crippen LogP contribution in [-0.4, -0.2) is 35.2 Å². The summed E-state index contributed by atoms with van der Waals surface area (Å²) in [6.45, 7) is 1.90. The predicted octanol–water partition coefficient (Wildman–Crippen LogP) is 0.348. The van der Waals surface area contributed by atoms with Crippen molar-refractivity contribution in [3.63, 3.8) is 0 Å². The Kier molecular flexibility index (Phi) is 3.82. The van der Waals surface area contributed by atoms with Crippen LogP contribution in [0.1, 0.15) is 29.6 Å². The van der Waals surface area contributed by atoms with Crippen LogP contribution in [0.5, 0.6) is 0 Å². The van der Waals surface area contributed by atoms with Gasteiger partial charge in [-0.15, -0.1) is 0 Å². The Hall–Kier alpha value is -1.49. The lowest BCUT2D eigenvalue weighted by atomic mass is 10.1. The van der Waals surface area contributed by atoms with Crippen molar-refractivity contribution in [2.45, 2.75) is 25.3 Å². The highest BCUT2D eigenvalue weighted by molar-refractivity contribution is 5.93. The molecule has 0 saturated carbocycles. The van der Waals surface area contributed by atoms with E-state index < -0.39 is 0 Å². The fourth-order valence-corrected chi connectivity index (χ4v) is 1.84. The van der Waals surface area contributed by atoms with Crippen LogP contribution < -0.4 is 10.6 Å². The van der Waals surface area contributed by atoms with Gasteiger partial charge in [-0.25, -0.2) is 0 Å². The second-order valence-electron chi connectivity index (χ2n) is 4.00. The van der Waals surface area contributed by atoms with Gasteiger partial charge < -0.3 is 10.6 Å². The van der Waals surface area contributed by atoms with Crippen LogP contribution in [0.4, 0.5) is 0 Å². The van der Waals surface area contributed by atoms with Gasteiger partial charge in [0, 0.05) is 12.6 Å². The Morgan fingerprint density at radius 3 is 3.19 bits per heavy atom. The highest BCUT2D eigenvalue weighted by atomic mass is 16.1. The molecule has 2 heterocycles. The molecule has 2 rings (SSSR count). The van der Waals surface area contributed by atoms with Gasteiger partial charge in [0.05, 0.1) is 18.0 Å². The number of hydrogen-bond acceptors (Lipinski definition) is 4. The average Bonchev–Trinajstić information content (AvgIpc) is 2.59. The number of carbonyl (C=O) groups is 1. The molecule has 16 heavy (non-hydrogen) atoms. The zero-order chi connectivity index (χ0) is 11.2. The molecule has 1 aromatic heterocycles. The third-order valence-electron chi connectivity index (χ3n) is 2.73. The summed E-state index contributed by atoms with van der Waals surface area (Å²) < 4.78 is 0. The number of amides is 1. The van der Waals surface area contributed by atoms with E-state index in [1.54, 1.807) is 6.07 Å². The largest absolute Gasteiger partial charge is 0.348 e. The van der Waals surface area contributed by atoms with Gasteiger partial charge in [0.15, 0.2) is 0 Å². The Morgan fingerprint density at radius 2 is 2.38 bits per heavy atom. The first-order valence-electron chi connectivity index (χ1n) is 5.64. The molecule has 86 valence electrons. The highest BCUT2D eigenvalue weighted by Gasteiger charge is 2.15. The van der Waals surface area contributed by atoms with Gasteiger partial charge in [0.2, 0.25) is 0 Å². The van der Waals surface area contributed by atoms with Gasteiger partial charge in [-0.3, -0.25) is 4.79 Å². The molecule has 1 atom stereocenters. The van der Waals surface area contributed by atoms with Gasteiger partial charge in [-0.1, -0.05) is 6.42 Å². The van der Waals surface area contributed by atoms with Crippen molar-refractivity contribution < 1.29 is 4.79 Å². The topological polar surface area (TPSA) is 66.9 Å². The Morgan fingerprint density at radius 1 is 1.44 bits per heavy atom. The average molecular weight is 220 g/mol. The van der Waals surface area contributed by atoms with Crippen molar-refractivity contribution in [3.05, 3.63) is 24.0 Å². The van der Waals surface area contributed by atoms with E-state index in [2.05, 4.69) is 20.8 Å². The first-order valence-corrected chi connectivity index (χ1v) is 5.64. The summed E-state index contributed by atoms with van der Waals surface area (Å²) in [7, 11) is 0.